The van der Waals surface area contributed by atoms with Crippen molar-refractivity contribution in [2.24, 2.45) is 0 Å². The summed E-state index contributed by atoms with van der Waals surface area (Å²) < 4.78 is 28.4. The molecule has 0 bridgehead atoms. The molecular weight excluding hydrogens is 550 g/mol. The highest BCUT2D eigenvalue weighted by Crippen LogP contribution is 2.37. The molecular formula is C28H31N5O5S2. The van der Waals surface area contributed by atoms with Gasteiger partial charge in [-0.05, 0) is 67.8 Å². The number of nitrogens with one attached hydrogen (secondary N) is 2. The topological polar surface area (TPSA) is 119 Å². The Bertz CT molecular complexity index is 1580. The van der Waals surface area contributed by atoms with Gasteiger partial charge in [0.15, 0.2) is 0 Å². The predicted octanol–water partition coefficient (Wildman–Crippen LogP) is 3.54. The van der Waals surface area contributed by atoms with E-state index in [2.05, 4.69) is 15.5 Å². The molecule has 2 aliphatic rings. The van der Waals surface area contributed by atoms with E-state index in [1.165, 1.54) is 58.9 Å². The number of carbonyl (C=O) groups excluding carboxylic acids is 3. The van der Waals surface area contributed by atoms with Gasteiger partial charge in [-0.15, -0.1) is 11.3 Å². The SMILES string of the molecule is CN1CCc2c(sc(NC(=O)c3ccc(S(=O)(=O)N4CCCc5ccccc54)cc3)c2C(=O)NC(=O)N(C)C)C1. The first kappa shape index (κ1) is 27.8. The van der Waals surface area contributed by atoms with Gasteiger partial charge < -0.3 is 15.1 Å². The number of amides is 4. The van der Waals surface area contributed by atoms with Gasteiger partial charge >= 0.3 is 6.03 Å². The summed E-state index contributed by atoms with van der Waals surface area (Å²) in [4.78, 5) is 43.0. The Morgan fingerprint density at radius 1 is 0.950 bits per heavy atom. The number of carbonyl (C=O) groups is 3. The monoisotopic (exact) mass is 581 g/mol. The van der Waals surface area contributed by atoms with Crippen LogP contribution in [0.1, 0.15) is 43.1 Å². The van der Waals surface area contributed by atoms with Crippen LogP contribution in [0, 0.1) is 0 Å². The lowest BCUT2D eigenvalue weighted by molar-refractivity contribution is 0.0956. The second-order valence-corrected chi connectivity index (χ2v) is 13.1. The molecule has 3 heterocycles. The fourth-order valence-corrected chi connectivity index (χ4v) is 7.82. The first-order valence-corrected chi connectivity index (χ1v) is 15.2. The predicted molar refractivity (Wildman–Crippen MR) is 155 cm³/mol. The number of imide groups is 1. The molecule has 0 saturated carbocycles. The number of para-hydroxylation sites is 1. The lowest BCUT2D eigenvalue weighted by Gasteiger charge is -2.30. The van der Waals surface area contributed by atoms with Gasteiger partial charge in [-0.3, -0.25) is 19.2 Å². The van der Waals surface area contributed by atoms with Gasteiger partial charge in [-0.1, -0.05) is 18.2 Å². The van der Waals surface area contributed by atoms with Crippen molar-refractivity contribution in [3.05, 3.63) is 75.7 Å². The Balaban J connectivity index is 1.39. The number of urea groups is 1. The minimum atomic E-state index is -3.81. The maximum Gasteiger partial charge on any atom is 0.323 e. The van der Waals surface area contributed by atoms with E-state index in [9.17, 15) is 22.8 Å². The summed E-state index contributed by atoms with van der Waals surface area (Å²) in [5.41, 5.74) is 3.04. The number of fused-ring (bicyclic) bond motifs is 2. The minimum absolute atomic E-state index is 0.0950. The summed E-state index contributed by atoms with van der Waals surface area (Å²) in [7, 11) is 1.25. The van der Waals surface area contributed by atoms with Crippen LogP contribution in [0.3, 0.4) is 0 Å². The summed E-state index contributed by atoms with van der Waals surface area (Å²) >= 11 is 1.31. The molecule has 4 amide bonds. The van der Waals surface area contributed by atoms with Gasteiger partial charge in [0, 0.05) is 44.2 Å². The number of aryl methyl sites for hydroxylation is 1. The molecule has 12 heteroatoms. The molecule has 2 aromatic carbocycles. The molecule has 0 unspecified atom stereocenters. The van der Waals surface area contributed by atoms with E-state index in [0.29, 0.717) is 35.8 Å². The number of rotatable bonds is 5. The third-order valence-corrected chi connectivity index (χ3v) is 10.1. The summed E-state index contributed by atoms with van der Waals surface area (Å²) in [5, 5.41) is 5.57. The van der Waals surface area contributed by atoms with Crippen molar-refractivity contribution in [3.63, 3.8) is 0 Å². The van der Waals surface area contributed by atoms with Gasteiger partial charge in [-0.25, -0.2) is 13.2 Å². The fourth-order valence-electron chi connectivity index (χ4n) is 4.96. The maximum absolute atomic E-state index is 13.5. The molecule has 0 fully saturated rings. The average molecular weight is 582 g/mol. The molecule has 2 N–H and O–H groups in total. The standard InChI is InChI=1S/C28H31N5O5S2/c1-31(2)28(36)30-26(35)24-21-14-16-32(3)17-23(21)39-27(24)29-25(34)19-10-12-20(13-11-19)40(37,38)33-15-6-8-18-7-4-5-9-22(18)33/h4-5,7,9-13H,6,8,14-17H2,1-3H3,(H,29,34)(H,30,35,36). The first-order chi connectivity index (χ1) is 19.1. The molecule has 0 aliphatic carbocycles. The minimum Gasteiger partial charge on any atom is -0.331 e. The van der Waals surface area contributed by atoms with Crippen molar-refractivity contribution < 1.29 is 22.8 Å². The molecule has 40 heavy (non-hydrogen) atoms. The number of benzene rings is 2. The van der Waals surface area contributed by atoms with Crippen molar-refractivity contribution in [2.45, 2.75) is 30.7 Å². The maximum atomic E-state index is 13.5. The molecule has 10 nitrogen and oxygen atoms in total. The van der Waals surface area contributed by atoms with E-state index in [1.807, 2.05) is 31.3 Å². The summed E-state index contributed by atoms with van der Waals surface area (Å²) in [5.74, 6) is -1.05. The molecule has 5 rings (SSSR count). The number of thiophene rings is 1. The Morgan fingerprint density at radius 2 is 1.68 bits per heavy atom. The van der Waals surface area contributed by atoms with Crippen LogP contribution in [0.4, 0.5) is 15.5 Å². The van der Waals surface area contributed by atoms with E-state index in [-0.39, 0.29) is 10.5 Å². The first-order valence-electron chi connectivity index (χ1n) is 12.9. The smallest absolute Gasteiger partial charge is 0.323 e. The van der Waals surface area contributed by atoms with Crippen molar-refractivity contribution in [1.29, 1.82) is 0 Å². The Hall–Kier alpha value is -3.74. The van der Waals surface area contributed by atoms with E-state index in [0.717, 1.165) is 35.4 Å². The Labute approximate surface area is 237 Å². The normalized spacial score (nSPS) is 15.1. The molecule has 3 aromatic rings. The molecule has 0 radical (unpaired) electrons. The van der Waals surface area contributed by atoms with E-state index >= 15 is 0 Å². The number of anilines is 2. The number of likely N-dealkylation sites (N-methyl/N-ethyl adjacent to an activating group) is 1. The van der Waals surface area contributed by atoms with Crippen LogP contribution in [0.2, 0.25) is 0 Å². The number of sulfonamides is 1. The second kappa shape index (κ2) is 11.0. The third kappa shape index (κ3) is 5.34. The lowest BCUT2D eigenvalue weighted by Crippen LogP contribution is -2.39. The molecule has 1 aromatic heterocycles. The molecule has 2 aliphatic heterocycles. The van der Waals surface area contributed by atoms with Gasteiger partial charge in [0.2, 0.25) is 0 Å². The van der Waals surface area contributed by atoms with E-state index in [4.69, 9.17) is 0 Å². The van der Waals surface area contributed by atoms with E-state index in [1.54, 1.807) is 0 Å². The van der Waals surface area contributed by atoms with Crippen LogP contribution >= 0.6 is 11.3 Å². The fraction of sp³-hybridized carbons (Fsp3) is 0.321. The number of hydrogen-bond donors (Lipinski definition) is 2. The van der Waals surface area contributed by atoms with Gasteiger partial charge in [0.05, 0.1) is 16.1 Å². The third-order valence-electron chi connectivity index (χ3n) is 7.10. The zero-order valence-electron chi connectivity index (χ0n) is 22.6. The van der Waals surface area contributed by atoms with Crippen LogP contribution in [0.15, 0.2) is 53.4 Å². The summed E-state index contributed by atoms with van der Waals surface area (Å²) in [6.07, 6.45) is 2.17. The van der Waals surface area contributed by atoms with Crippen LogP contribution in [0.25, 0.3) is 0 Å². The number of hydrogen-bond acceptors (Lipinski definition) is 7. The highest BCUT2D eigenvalue weighted by Gasteiger charge is 2.31. The van der Waals surface area contributed by atoms with Gasteiger partial charge in [0.25, 0.3) is 21.8 Å². The summed E-state index contributed by atoms with van der Waals surface area (Å²) in [6.45, 7) is 1.77. The van der Waals surface area contributed by atoms with Crippen molar-refractivity contribution >= 4 is 49.9 Å². The van der Waals surface area contributed by atoms with Crippen LogP contribution in [-0.4, -0.2) is 70.3 Å². The summed E-state index contributed by atoms with van der Waals surface area (Å²) in [6, 6.07) is 12.7. The molecule has 0 atom stereocenters. The lowest BCUT2D eigenvalue weighted by atomic mass is 10.0. The zero-order chi connectivity index (χ0) is 28.6. The van der Waals surface area contributed by atoms with Crippen LogP contribution < -0.4 is 14.9 Å². The Kier molecular flexibility index (Phi) is 7.67. The molecule has 210 valence electrons. The highest BCUT2D eigenvalue weighted by molar-refractivity contribution is 7.92. The van der Waals surface area contributed by atoms with Gasteiger partial charge in [0.1, 0.15) is 5.00 Å². The van der Waals surface area contributed by atoms with Crippen molar-refractivity contribution in [2.75, 3.05) is 43.9 Å². The Morgan fingerprint density at radius 3 is 2.40 bits per heavy atom. The van der Waals surface area contributed by atoms with Crippen LogP contribution in [0.5, 0.6) is 0 Å². The highest BCUT2D eigenvalue weighted by atomic mass is 32.2. The van der Waals surface area contributed by atoms with Crippen molar-refractivity contribution in [1.82, 2.24) is 15.1 Å². The van der Waals surface area contributed by atoms with Crippen LogP contribution in [-0.2, 0) is 29.4 Å². The zero-order valence-corrected chi connectivity index (χ0v) is 24.2. The number of nitrogens with zero attached hydrogens (tertiary/aromatic N) is 3. The average Bonchev–Trinajstić information content (AvgIpc) is 3.29. The quantitative estimate of drug-likeness (QED) is 0.476. The molecule has 0 spiro atoms. The van der Waals surface area contributed by atoms with E-state index < -0.39 is 27.9 Å². The second-order valence-electron chi connectivity index (χ2n) is 10.1. The van der Waals surface area contributed by atoms with Gasteiger partial charge in [-0.2, -0.15) is 0 Å². The van der Waals surface area contributed by atoms with Crippen molar-refractivity contribution in [3.8, 4) is 0 Å². The molecule has 0 saturated heterocycles. The largest absolute Gasteiger partial charge is 0.331 e.